The van der Waals surface area contributed by atoms with Crippen molar-refractivity contribution in [2.24, 2.45) is 0 Å². The van der Waals surface area contributed by atoms with Gasteiger partial charge in [0.25, 0.3) is 0 Å². The Morgan fingerprint density at radius 3 is 1.67 bits per heavy atom. The van der Waals surface area contributed by atoms with Crippen molar-refractivity contribution in [3.63, 3.8) is 0 Å². The van der Waals surface area contributed by atoms with E-state index in [1.54, 1.807) is 32.4 Å². The van der Waals surface area contributed by atoms with Crippen LogP contribution in [0.25, 0.3) is 0 Å². The molecule has 0 saturated carbocycles. The summed E-state index contributed by atoms with van der Waals surface area (Å²) in [5.74, 6) is 0. The first kappa shape index (κ1) is 14.6. The molecule has 0 aromatic rings. The molecule has 0 rings (SSSR count). The van der Waals surface area contributed by atoms with Crippen LogP contribution in [0.1, 0.15) is 20.8 Å². The summed E-state index contributed by atoms with van der Waals surface area (Å²) in [6, 6.07) is 0. The minimum atomic E-state index is -4.73. The monoisotopic (exact) mass is 241 g/mol. The van der Waals surface area contributed by atoms with Crippen molar-refractivity contribution in [2.75, 3.05) is 7.05 Å². The molecule has 0 aliphatic rings. The van der Waals surface area contributed by atoms with E-state index in [0.717, 1.165) is 0 Å². The molecule has 0 saturated heterocycles. The van der Waals surface area contributed by atoms with Gasteiger partial charge in [-0.15, -0.1) is 0 Å². The van der Waals surface area contributed by atoms with Crippen molar-refractivity contribution in [3.8, 4) is 0 Å². The van der Waals surface area contributed by atoms with Crippen molar-refractivity contribution in [3.05, 3.63) is 0 Å². The van der Waals surface area contributed by atoms with Gasteiger partial charge in [0.05, 0.1) is 0 Å². The van der Waals surface area contributed by atoms with Gasteiger partial charge in [-0.1, -0.05) is 0 Å². The molecule has 6 heteroatoms. The highest BCUT2D eigenvalue weighted by Gasteiger charge is 2.53. The maximum absolute atomic E-state index is 12.4. The van der Waals surface area contributed by atoms with Gasteiger partial charge in [-0.3, -0.25) is 4.79 Å². The maximum atomic E-state index is 12.4. The number of hydrogen-bond acceptors (Lipinski definition) is 2. The van der Waals surface area contributed by atoms with Crippen LogP contribution in [0.2, 0.25) is 13.1 Å². The molecular formula is C9H18F3NOSi. The Balaban J connectivity index is 5.08. The predicted octanol–water partition coefficient (Wildman–Crippen LogP) is 2.59. The molecule has 0 spiro atoms. The van der Waals surface area contributed by atoms with E-state index in [2.05, 4.69) is 0 Å². The van der Waals surface area contributed by atoms with E-state index >= 15 is 0 Å². The lowest BCUT2D eigenvalue weighted by Gasteiger charge is -2.42. The fourth-order valence-corrected chi connectivity index (χ4v) is 4.01. The van der Waals surface area contributed by atoms with Gasteiger partial charge in [0.15, 0.2) is 0 Å². The Kier molecular flexibility index (Phi) is 3.80. The fraction of sp³-hybridized carbons (Fsp3) is 0.889. The van der Waals surface area contributed by atoms with E-state index in [4.69, 9.17) is 0 Å². The number of hydrogen-bond donors (Lipinski definition) is 0. The Bertz CT molecular complexity index is 255. The zero-order chi connectivity index (χ0) is 12.7. The van der Waals surface area contributed by atoms with Crippen LogP contribution in [0.15, 0.2) is 0 Å². The van der Waals surface area contributed by atoms with Gasteiger partial charge in [-0.05, 0) is 40.9 Å². The van der Waals surface area contributed by atoms with Gasteiger partial charge in [-0.2, -0.15) is 13.2 Å². The largest absolute Gasteiger partial charge is 0.446 e. The highest BCUT2D eigenvalue weighted by molar-refractivity contribution is 7.03. The summed E-state index contributed by atoms with van der Waals surface area (Å²) in [6.45, 7) is 8.24. The second-order valence-electron chi connectivity index (χ2n) is 5.12. The van der Waals surface area contributed by atoms with Gasteiger partial charge in [0, 0.05) is 5.54 Å². The topological polar surface area (TPSA) is 20.3 Å². The number of alkyl halides is 3. The first-order valence-corrected chi connectivity index (χ1v) is 7.61. The van der Waals surface area contributed by atoms with Crippen molar-refractivity contribution < 1.29 is 18.0 Å². The summed E-state index contributed by atoms with van der Waals surface area (Å²) in [5, 5.41) is -1.58. The molecule has 0 radical (unpaired) electrons. The lowest BCUT2D eigenvalue weighted by Crippen LogP contribution is -2.63. The molecule has 0 amide bonds. The van der Waals surface area contributed by atoms with Crippen LogP contribution >= 0.6 is 0 Å². The predicted molar refractivity (Wildman–Crippen MR) is 56.1 cm³/mol. The van der Waals surface area contributed by atoms with Crippen molar-refractivity contribution in [1.82, 2.24) is 4.57 Å². The van der Waals surface area contributed by atoms with Gasteiger partial charge < -0.3 is 4.57 Å². The molecule has 0 heterocycles. The number of carbonyl (C=O) groups is 1. The molecule has 0 aliphatic carbocycles. The van der Waals surface area contributed by atoms with Crippen molar-refractivity contribution in [1.29, 1.82) is 0 Å². The van der Waals surface area contributed by atoms with Crippen LogP contribution in [0.4, 0.5) is 13.2 Å². The zero-order valence-corrected chi connectivity index (χ0v) is 11.0. The maximum Gasteiger partial charge on any atom is 0.446 e. The van der Waals surface area contributed by atoms with Crippen molar-refractivity contribution >= 4 is 13.6 Å². The SMILES string of the molecule is CN(C(C)(C)C)[Si](C)(C)C(=O)C(F)(F)F. The normalized spacial score (nSPS) is 14.5. The molecule has 0 atom stereocenters. The molecule has 0 aliphatic heterocycles. The van der Waals surface area contributed by atoms with Gasteiger partial charge >= 0.3 is 6.18 Å². The smallest absolute Gasteiger partial charge is 0.316 e. The van der Waals surface area contributed by atoms with Crippen LogP contribution in [-0.2, 0) is 4.79 Å². The van der Waals surface area contributed by atoms with Crippen LogP contribution in [-0.4, -0.2) is 37.0 Å². The third-order valence-corrected chi connectivity index (χ3v) is 6.40. The number of rotatable bonds is 2. The Hall–Kier alpha value is -0.363. The summed E-state index contributed by atoms with van der Waals surface area (Å²) in [4.78, 5) is 11.3. The molecule has 90 valence electrons. The lowest BCUT2D eigenvalue weighted by molar-refractivity contribution is -0.163. The van der Waals surface area contributed by atoms with E-state index < -0.39 is 25.4 Å². The average Bonchev–Trinajstić information content (AvgIpc) is 1.98. The molecule has 2 nitrogen and oxygen atoms in total. The van der Waals surface area contributed by atoms with Crippen LogP contribution in [0.5, 0.6) is 0 Å². The minimum absolute atomic E-state index is 0.434. The number of halogens is 3. The molecule has 15 heavy (non-hydrogen) atoms. The van der Waals surface area contributed by atoms with Gasteiger partial charge in [0.1, 0.15) is 0 Å². The highest BCUT2D eigenvalue weighted by atomic mass is 28.3. The lowest BCUT2D eigenvalue weighted by atomic mass is 10.1. The molecule has 0 aromatic heterocycles. The highest BCUT2D eigenvalue weighted by Crippen LogP contribution is 2.28. The average molecular weight is 241 g/mol. The molecule has 0 fully saturated rings. The van der Waals surface area contributed by atoms with E-state index in [1.165, 1.54) is 13.1 Å². The second kappa shape index (κ2) is 3.90. The Morgan fingerprint density at radius 2 is 1.47 bits per heavy atom. The molecule has 0 unspecified atom stereocenters. The first-order chi connectivity index (χ1) is 6.31. The minimum Gasteiger partial charge on any atom is -0.316 e. The van der Waals surface area contributed by atoms with E-state index in [0.29, 0.717) is 0 Å². The number of nitrogens with zero attached hydrogens (tertiary/aromatic N) is 1. The Morgan fingerprint density at radius 1 is 1.13 bits per heavy atom. The summed E-state index contributed by atoms with van der Waals surface area (Å²) in [6.07, 6.45) is -4.73. The quantitative estimate of drug-likeness (QED) is 0.693. The van der Waals surface area contributed by atoms with Gasteiger partial charge in [-0.25, -0.2) is 0 Å². The summed E-state index contributed by atoms with van der Waals surface area (Å²) in [7, 11) is -1.53. The summed E-state index contributed by atoms with van der Waals surface area (Å²) < 4.78 is 38.6. The van der Waals surface area contributed by atoms with E-state index in [9.17, 15) is 18.0 Å². The summed E-state index contributed by atoms with van der Waals surface area (Å²) >= 11 is 0. The molecule has 0 aromatic carbocycles. The first-order valence-electron chi connectivity index (χ1n) is 4.67. The van der Waals surface area contributed by atoms with Crippen LogP contribution in [0, 0.1) is 0 Å². The summed E-state index contributed by atoms with van der Waals surface area (Å²) in [5.41, 5.74) is -0.434. The molecule has 0 N–H and O–H groups in total. The van der Waals surface area contributed by atoms with Crippen molar-refractivity contribution in [2.45, 2.75) is 45.6 Å². The molecule has 0 bridgehead atoms. The molecular weight excluding hydrogens is 223 g/mol. The van der Waals surface area contributed by atoms with Crippen LogP contribution < -0.4 is 0 Å². The number of carbonyl (C=O) groups excluding carboxylic acids is 1. The third-order valence-electron chi connectivity index (χ3n) is 2.66. The standard InChI is InChI=1S/C9H18F3NOSi/c1-8(2,3)13(4)15(5,6)7(14)9(10,11)12/h1-6H3. The Labute approximate surface area is 89.5 Å². The second-order valence-corrected chi connectivity index (χ2v) is 9.36. The fourth-order valence-electron chi connectivity index (χ4n) is 1.34. The van der Waals surface area contributed by atoms with E-state index in [1.807, 2.05) is 0 Å². The van der Waals surface area contributed by atoms with Crippen LogP contribution in [0.3, 0.4) is 0 Å². The third kappa shape index (κ3) is 3.31. The van der Waals surface area contributed by atoms with E-state index in [-0.39, 0.29) is 0 Å². The zero-order valence-electron chi connectivity index (χ0n) is 9.99. The van der Waals surface area contributed by atoms with Gasteiger partial charge in [0.2, 0.25) is 13.6 Å².